The Labute approximate surface area is 399 Å². The number of rotatable bonds is 10. The second-order valence-corrected chi connectivity index (χ2v) is 16.9. The number of allylic oxidation sites excluding steroid dienone is 6. The number of para-hydroxylation sites is 2. The smallest absolute Gasteiger partial charge is 0.125 e. The maximum Gasteiger partial charge on any atom is 0.125 e. The largest absolute Gasteiger partial charge is 0.384 e. The van der Waals surface area contributed by atoms with Crippen LogP contribution >= 0.6 is 0 Å². The van der Waals surface area contributed by atoms with E-state index >= 15 is 0 Å². The Morgan fingerprint density at radius 3 is 1.88 bits per heavy atom. The quantitative estimate of drug-likeness (QED) is 0.0644. The minimum Gasteiger partial charge on any atom is -0.384 e. The molecular weight excluding hydrogens is 827 g/mol. The molecule has 5 heteroatoms. The van der Waals surface area contributed by atoms with Gasteiger partial charge in [0.05, 0.1) is 22.0 Å². The number of hydrogen-bond donors (Lipinski definition) is 1. The van der Waals surface area contributed by atoms with Crippen molar-refractivity contribution < 1.29 is 0 Å². The van der Waals surface area contributed by atoms with Gasteiger partial charge in [-0.1, -0.05) is 140 Å². The molecule has 68 heavy (non-hydrogen) atoms. The van der Waals surface area contributed by atoms with Crippen molar-refractivity contribution in [3.05, 3.63) is 272 Å². The Morgan fingerprint density at radius 2 is 1.19 bits per heavy atom. The first kappa shape index (κ1) is 43.2. The van der Waals surface area contributed by atoms with E-state index in [9.17, 15) is 0 Å². The SMILES string of the molecule is C=C/C(=C\C=C/C)C1(c2ccccc2)c2ccccc2-c2ccc(N(c3ccc(C(N)=NC)cc3)c3ccc4c(c3)c3ccc5c(ccn5-c5ccccc5)c3n4-c3ccccc3)cc21.C=CC. The van der Waals surface area contributed by atoms with Gasteiger partial charge in [0.15, 0.2) is 0 Å². The second kappa shape index (κ2) is 18.3. The van der Waals surface area contributed by atoms with E-state index in [1.54, 1.807) is 13.1 Å². The molecule has 1 aliphatic rings. The monoisotopic (exact) mass is 879 g/mol. The fraction of sp³-hybridized carbons (Fsp3) is 0.0635. The molecule has 330 valence electrons. The van der Waals surface area contributed by atoms with Crippen LogP contribution in [0.15, 0.2) is 254 Å². The van der Waals surface area contributed by atoms with Gasteiger partial charge in [-0.05, 0) is 138 Å². The second-order valence-electron chi connectivity index (χ2n) is 16.9. The van der Waals surface area contributed by atoms with Crippen LogP contribution in [0.25, 0.3) is 55.2 Å². The highest BCUT2D eigenvalue weighted by atomic mass is 15.1. The molecule has 0 radical (unpaired) electrons. The van der Waals surface area contributed by atoms with E-state index in [0.29, 0.717) is 5.84 Å². The van der Waals surface area contributed by atoms with Crippen LogP contribution in [0.4, 0.5) is 17.1 Å². The van der Waals surface area contributed by atoms with Crippen molar-refractivity contribution in [2.75, 3.05) is 11.9 Å². The lowest BCUT2D eigenvalue weighted by molar-refractivity contribution is 0.767. The number of aromatic nitrogens is 2. The third-order valence-corrected chi connectivity index (χ3v) is 13.2. The summed E-state index contributed by atoms with van der Waals surface area (Å²) in [4.78, 5) is 6.66. The van der Waals surface area contributed by atoms with Gasteiger partial charge < -0.3 is 19.8 Å². The lowest BCUT2D eigenvalue weighted by Crippen LogP contribution is -2.29. The van der Waals surface area contributed by atoms with Crippen molar-refractivity contribution in [3.63, 3.8) is 0 Å². The summed E-state index contributed by atoms with van der Waals surface area (Å²) in [5.74, 6) is 0.499. The van der Waals surface area contributed by atoms with Crippen molar-refractivity contribution >= 4 is 55.6 Å². The zero-order valence-electron chi connectivity index (χ0n) is 38.7. The summed E-state index contributed by atoms with van der Waals surface area (Å²) in [5, 5.41) is 3.54. The Balaban J connectivity index is 0.00000175. The molecular formula is C63H53N5. The highest BCUT2D eigenvalue weighted by Crippen LogP contribution is 2.58. The summed E-state index contributed by atoms with van der Waals surface area (Å²) >= 11 is 0. The van der Waals surface area contributed by atoms with Crippen molar-refractivity contribution in [1.29, 1.82) is 0 Å². The van der Waals surface area contributed by atoms with Crippen LogP contribution < -0.4 is 10.6 Å². The molecule has 0 aliphatic heterocycles. The molecule has 10 aromatic rings. The average molecular weight is 880 g/mol. The molecule has 2 heterocycles. The summed E-state index contributed by atoms with van der Waals surface area (Å²) in [6.07, 6.45) is 12.4. The summed E-state index contributed by atoms with van der Waals surface area (Å²) in [7, 11) is 1.73. The lowest BCUT2D eigenvalue weighted by Gasteiger charge is -2.35. The molecule has 0 bridgehead atoms. The maximum absolute atomic E-state index is 6.36. The van der Waals surface area contributed by atoms with Gasteiger partial charge in [0.2, 0.25) is 0 Å². The number of nitrogens with two attached hydrogens (primary N) is 1. The van der Waals surface area contributed by atoms with Crippen molar-refractivity contribution in [2.45, 2.75) is 19.3 Å². The highest BCUT2D eigenvalue weighted by molar-refractivity contribution is 6.19. The Bertz CT molecular complexity index is 3570. The molecule has 2 N–H and O–H groups in total. The van der Waals surface area contributed by atoms with Crippen LogP contribution in [-0.2, 0) is 5.41 Å². The van der Waals surface area contributed by atoms with E-state index in [-0.39, 0.29) is 0 Å². The number of aliphatic imine (C=N–C) groups is 1. The van der Waals surface area contributed by atoms with Crippen LogP contribution in [0.5, 0.6) is 0 Å². The molecule has 1 unspecified atom stereocenters. The van der Waals surface area contributed by atoms with Crippen molar-refractivity contribution in [3.8, 4) is 22.5 Å². The Morgan fingerprint density at radius 1 is 0.588 bits per heavy atom. The standard InChI is InChI=1S/C60H47N5.C3H6/c1-4-6-18-42(5-2)60(43-19-10-7-11-20-43)54-26-17-16-25-49(54)50-33-31-48(40-55(50)60)64(46-29-27-41(28-30-46)59(61)62-3)47-32-35-57-53(39-47)51-34-36-56-52(37-38-63(56)44-21-12-8-13-22-44)58(51)65(57)45-23-14-9-15-24-45;1-3-2/h4-40H,2H2,1,3H3,(H2,61,62);3H,1H2,2H3/b6-4-,42-18+;. The molecule has 0 amide bonds. The van der Waals surface area contributed by atoms with Crippen molar-refractivity contribution in [2.24, 2.45) is 10.7 Å². The molecule has 2 aromatic heterocycles. The van der Waals surface area contributed by atoms with Crippen molar-refractivity contribution in [1.82, 2.24) is 9.13 Å². The number of amidine groups is 1. The number of hydrogen-bond acceptors (Lipinski definition) is 2. The van der Waals surface area contributed by atoms with Gasteiger partial charge in [-0.2, -0.15) is 0 Å². The lowest BCUT2D eigenvalue weighted by atomic mass is 9.67. The molecule has 5 nitrogen and oxygen atoms in total. The molecule has 0 saturated heterocycles. The summed E-state index contributed by atoms with van der Waals surface area (Å²) < 4.78 is 4.70. The summed E-state index contributed by atoms with van der Waals surface area (Å²) in [6.45, 7) is 11.7. The van der Waals surface area contributed by atoms with Crippen LogP contribution in [0.2, 0.25) is 0 Å². The highest BCUT2D eigenvalue weighted by Gasteiger charge is 2.46. The average Bonchev–Trinajstić information content (AvgIpc) is 4.07. The normalized spacial score (nSPS) is 14.5. The predicted octanol–water partition coefficient (Wildman–Crippen LogP) is 15.7. The number of benzene rings is 8. The summed E-state index contributed by atoms with van der Waals surface area (Å²) in [5.41, 5.74) is 22.5. The van der Waals surface area contributed by atoms with E-state index in [0.717, 1.165) is 56.0 Å². The minimum absolute atomic E-state index is 0.499. The van der Waals surface area contributed by atoms with E-state index in [2.05, 4.69) is 258 Å². The third-order valence-electron chi connectivity index (χ3n) is 13.2. The molecule has 1 atom stereocenters. The van der Waals surface area contributed by atoms with Crippen LogP contribution in [0, 0.1) is 0 Å². The number of fused-ring (bicyclic) bond motifs is 8. The molecule has 8 aromatic carbocycles. The van der Waals surface area contributed by atoms with E-state index < -0.39 is 5.41 Å². The number of anilines is 3. The van der Waals surface area contributed by atoms with Gasteiger partial charge in [0.1, 0.15) is 5.84 Å². The van der Waals surface area contributed by atoms with Gasteiger partial charge in [-0.15, -0.1) is 6.58 Å². The van der Waals surface area contributed by atoms with E-state index in [4.69, 9.17) is 5.73 Å². The first-order chi connectivity index (χ1) is 33.5. The first-order valence-corrected chi connectivity index (χ1v) is 23.1. The number of nitrogens with zero attached hydrogens (tertiary/aromatic N) is 4. The van der Waals surface area contributed by atoms with Gasteiger partial charge in [0, 0.05) is 63.4 Å². The molecule has 11 rings (SSSR count). The Hall–Kier alpha value is -8.67. The van der Waals surface area contributed by atoms with Gasteiger partial charge in [-0.25, -0.2) is 0 Å². The maximum atomic E-state index is 6.36. The first-order valence-electron chi connectivity index (χ1n) is 23.1. The third kappa shape index (κ3) is 7.08. The van der Waals surface area contributed by atoms with E-state index in [1.807, 2.05) is 13.0 Å². The zero-order chi connectivity index (χ0) is 46.8. The fourth-order valence-electron chi connectivity index (χ4n) is 10.3. The van der Waals surface area contributed by atoms with Gasteiger partial charge >= 0.3 is 0 Å². The molecule has 1 aliphatic carbocycles. The molecule has 0 saturated carbocycles. The topological polar surface area (TPSA) is 51.5 Å². The Kier molecular flexibility index (Phi) is 11.6. The van der Waals surface area contributed by atoms with E-state index in [1.165, 1.54) is 44.1 Å². The van der Waals surface area contributed by atoms with Crippen LogP contribution in [0.1, 0.15) is 36.1 Å². The molecule has 0 fully saturated rings. The van der Waals surface area contributed by atoms with Gasteiger partial charge in [-0.3, -0.25) is 4.99 Å². The van der Waals surface area contributed by atoms with Gasteiger partial charge in [0.25, 0.3) is 0 Å². The fourth-order valence-corrected chi connectivity index (χ4v) is 10.3. The predicted molar refractivity (Wildman–Crippen MR) is 290 cm³/mol. The minimum atomic E-state index is -0.624. The van der Waals surface area contributed by atoms with Crippen LogP contribution in [0.3, 0.4) is 0 Å². The van der Waals surface area contributed by atoms with Crippen LogP contribution in [-0.4, -0.2) is 22.0 Å². The zero-order valence-corrected chi connectivity index (χ0v) is 38.7. The molecule has 0 spiro atoms. The summed E-state index contributed by atoms with van der Waals surface area (Å²) in [6, 6.07) is 70.1.